The van der Waals surface area contributed by atoms with Crippen molar-refractivity contribution in [3.05, 3.63) is 33.7 Å². The molecule has 16 heavy (non-hydrogen) atoms. The lowest BCUT2D eigenvalue weighted by Gasteiger charge is -2.11. The van der Waals surface area contributed by atoms with E-state index >= 15 is 0 Å². The predicted molar refractivity (Wildman–Crippen MR) is 67.7 cm³/mol. The van der Waals surface area contributed by atoms with E-state index in [2.05, 4.69) is 12.2 Å². The van der Waals surface area contributed by atoms with Crippen LogP contribution in [0.15, 0.2) is 16.9 Å². The Morgan fingerprint density at radius 1 is 1.31 bits per heavy atom. The quantitative estimate of drug-likeness (QED) is 0.748. The normalized spacial score (nSPS) is 10.7. The van der Waals surface area contributed by atoms with Gasteiger partial charge in [0.15, 0.2) is 0 Å². The van der Waals surface area contributed by atoms with Gasteiger partial charge in [0.1, 0.15) is 0 Å². The van der Waals surface area contributed by atoms with Gasteiger partial charge in [-0.2, -0.15) is 0 Å². The molecule has 0 aliphatic rings. The lowest BCUT2D eigenvalue weighted by Crippen LogP contribution is -2.27. The van der Waals surface area contributed by atoms with Gasteiger partial charge >= 0.3 is 0 Å². The van der Waals surface area contributed by atoms with E-state index in [1.54, 1.807) is 0 Å². The first-order valence-corrected chi connectivity index (χ1v) is 6.04. The van der Waals surface area contributed by atoms with E-state index in [-0.39, 0.29) is 5.56 Å². The van der Waals surface area contributed by atoms with Crippen molar-refractivity contribution in [3.8, 4) is 0 Å². The van der Waals surface area contributed by atoms with E-state index in [1.165, 1.54) is 12.8 Å². The highest BCUT2D eigenvalue weighted by Crippen LogP contribution is 2.02. The van der Waals surface area contributed by atoms with Crippen molar-refractivity contribution in [2.24, 2.45) is 0 Å². The zero-order valence-corrected chi connectivity index (χ0v) is 10.5. The predicted octanol–water partition coefficient (Wildman–Crippen LogP) is 2.07. The maximum atomic E-state index is 12.1. The monoisotopic (exact) mass is 222 g/mol. The summed E-state index contributed by atoms with van der Waals surface area (Å²) in [6.45, 7) is 5.66. The van der Waals surface area contributed by atoms with Crippen LogP contribution in [0.2, 0.25) is 0 Å². The molecular weight excluding hydrogens is 200 g/mol. The van der Waals surface area contributed by atoms with Gasteiger partial charge in [-0.15, -0.1) is 0 Å². The largest absolute Gasteiger partial charge is 0.315 e. The maximum Gasteiger partial charge on any atom is 0.255 e. The van der Waals surface area contributed by atoms with Crippen LogP contribution < -0.4 is 10.9 Å². The summed E-state index contributed by atoms with van der Waals surface area (Å²) in [6, 6.07) is 3.95. The molecule has 0 amide bonds. The standard InChI is InChI=1S/C13H22N2O/c1-4-5-6-9-15-11(2)7-8-12(10-14-3)13(15)16/h7-8,14H,4-6,9-10H2,1-3H3. The van der Waals surface area contributed by atoms with Crippen molar-refractivity contribution >= 4 is 0 Å². The Kier molecular flexibility index (Phi) is 5.26. The van der Waals surface area contributed by atoms with Crippen LogP contribution in [0.5, 0.6) is 0 Å². The van der Waals surface area contributed by atoms with Crippen LogP contribution in [0.25, 0.3) is 0 Å². The van der Waals surface area contributed by atoms with Crippen molar-refractivity contribution in [3.63, 3.8) is 0 Å². The summed E-state index contributed by atoms with van der Waals surface area (Å²) in [7, 11) is 1.86. The Bertz CT molecular complexity index is 382. The zero-order chi connectivity index (χ0) is 12.0. The first-order chi connectivity index (χ1) is 7.70. The van der Waals surface area contributed by atoms with Crippen LogP contribution in [0.3, 0.4) is 0 Å². The van der Waals surface area contributed by atoms with Gasteiger partial charge in [-0.1, -0.05) is 25.8 Å². The van der Waals surface area contributed by atoms with Crippen LogP contribution in [0.1, 0.15) is 37.4 Å². The van der Waals surface area contributed by atoms with Crippen LogP contribution in [0.4, 0.5) is 0 Å². The summed E-state index contributed by atoms with van der Waals surface area (Å²) in [5.74, 6) is 0. The molecule has 0 aliphatic carbocycles. The second kappa shape index (κ2) is 6.48. The molecule has 0 saturated heterocycles. The molecular formula is C13H22N2O. The van der Waals surface area contributed by atoms with Gasteiger partial charge in [0.05, 0.1) is 0 Å². The average molecular weight is 222 g/mol. The molecule has 1 heterocycles. The molecule has 3 nitrogen and oxygen atoms in total. The fourth-order valence-electron chi connectivity index (χ4n) is 1.84. The molecule has 1 aromatic rings. The summed E-state index contributed by atoms with van der Waals surface area (Å²) in [4.78, 5) is 12.1. The Hall–Kier alpha value is -1.09. The SMILES string of the molecule is CCCCCn1c(C)ccc(CNC)c1=O. The highest BCUT2D eigenvalue weighted by Gasteiger charge is 2.04. The molecule has 3 heteroatoms. The molecule has 90 valence electrons. The van der Waals surface area contributed by atoms with Crippen molar-refractivity contribution in [1.29, 1.82) is 0 Å². The van der Waals surface area contributed by atoms with E-state index in [1.807, 2.05) is 30.7 Å². The molecule has 0 atom stereocenters. The maximum absolute atomic E-state index is 12.1. The van der Waals surface area contributed by atoms with Gasteiger partial charge in [0, 0.05) is 24.3 Å². The second-order valence-electron chi connectivity index (χ2n) is 4.19. The molecule has 0 unspecified atom stereocenters. The van der Waals surface area contributed by atoms with Crippen molar-refractivity contribution < 1.29 is 0 Å². The van der Waals surface area contributed by atoms with Crippen molar-refractivity contribution in [2.75, 3.05) is 7.05 Å². The molecule has 1 rings (SSSR count). The van der Waals surface area contributed by atoms with E-state index in [0.29, 0.717) is 6.54 Å². The van der Waals surface area contributed by atoms with E-state index in [9.17, 15) is 4.79 Å². The third-order valence-electron chi connectivity index (χ3n) is 2.82. The molecule has 1 aromatic heterocycles. The lowest BCUT2D eigenvalue weighted by atomic mass is 10.2. The number of hydrogen-bond acceptors (Lipinski definition) is 2. The number of aryl methyl sites for hydroxylation is 1. The first-order valence-electron chi connectivity index (χ1n) is 6.04. The minimum absolute atomic E-state index is 0.158. The average Bonchev–Trinajstić information content (AvgIpc) is 2.27. The van der Waals surface area contributed by atoms with Crippen LogP contribution in [-0.2, 0) is 13.1 Å². The van der Waals surface area contributed by atoms with Gasteiger partial charge in [-0.05, 0) is 26.5 Å². The Balaban J connectivity index is 2.88. The fourth-order valence-corrected chi connectivity index (χ4v) is 1.84. The van der Waals surface area contributed by atoms with E-state index < -0.39 is 0 Å². The summed E-state index contributed by atoms with van der Waals surface area (Å²) >= 11 is 0. The number of nitrogens with zero attached hydrogens (tertiary/aromatic N) is 1. The lowest BCUT2D eigenvalue weighted by molar-refractivity contribution is 0.570. The van der Waals surface area contributed by atoms with Crippen LogP contribution >= 0.6 is 0 Å². The Labute approximate surface area is 97.5 Å². The van der Waals surface area contributed by atoms with E-state index in [0.717, 1.165) is 24.2 Å². The third kappa shape index (κ3) is 3.20. The molecule has 0 aliphatic heterocycles. The number of aromatic nitrogens is 1. The Morgan fingerprint density at radius 2 is 2.06 bits per heavy atom. The van der Waals surface area contributed by atoms with Crippen molar-refractivity contribution in [1.82, 2.24) is 9.88 Å². The number of nitrogens with one attached hydrogen (secondary N) is 1. The highest BCUT2D eigenvalue weighted by atomic mass is 16.1. The summed E-state index contributed by atoms with van der Waals surface area (Å²) in [6.07, 6.45) is 3.45. The molecule has 0 radical (unpaired) electrons. The summed E-state index contributed by atoms with van der Waals surface area (Å²) < 4.78 is 1.89. The van der Waals surface area contributed by atoms with Gasteiger partial charge in [-0.3, -0.25) is 4.79 Å². The number of unbranched alkanes of at least 4 members (excludes halogenated alkanes) is 2. The van der Waals surface area contributed by atoms with E-state index in [4.69, 9.17) is 0 Å². The Morgan fingerprint density at radius 3 is 2.69 bits per heavy atom. The molecule has 0 fully saturated rings. The minimum atomic E-state index is 0.158. The van der Waals surface area contributed by atoms with Gasteiger partial charge < -0.3 is 9.88 Å². The third-order valence-corrected chi connectivity index (χ3v) is 2.82. The van der Waals surface area contributed by atoms with Gasteiger partial charge in [-0.25, -0.2) is 0 Å². The van der Waals surface area contributed by atoms with Crippen molar-refractivity contribution in [2.45, 2.75) is 46.2 Å². The molecule has 1 N–H and O–H groups in total. The first kappa shape index (κ1) is 13.0. The van der Waals surface area contributed by atoms with Gasteiger partial charge in [0.2, 0.25) is 0 Å². The topological polar surface area (TPSA) is 34.0 Å². The fraction of sp³-hybridized carbons (Fsp3) is 0.615. The van der Waals surface area contributed by atoms with Gasteiger partial charge in [0.25, 0.3) is 5.56 Å². The highest BCUT2D eigenvalue weighted by molar-refractivity contribution is 5.15. The summed E-state index contributed by atoms with van der Waals surface area (Å²) in [5.41, 5.74) is 2.07. The smallest absolute Gasteiger partial charge is 0.255 e. The number of hydrogen-bond donors (Lipinski definition) is 1. The number of pyridine rings is 1. The zero-order valence-electron chi connectivity index (χ0n) is 10.5. The number of rotatable bonds is 6. The molecule has 0 bridgehead atoms. The van der Waals surface area contributed by atoms with Crippen LogP contribution in [0, 0.1) is 6.92 Å². The molecule has 0 spiro atoms. The summed E-state index contributed by atoms with van der Waals surface area (Å²) in [5, 5.41) is 3.03. The molecule has 0 aromatic carbocycles. The molecule has 0 saturated carbocycles. The van der Waals surface area contributed by atoms with Crippen LogP contribution in [-0.4, -0.2) is 11.6 Å². The minimum Gasteiger partial charge on any atom is -0.315 e. The second-order valence-corrected chi connectivity index (χ2v) is 4.19.